The van der Waals surface area contributed by atoms with Gasteiger partial charge in [-0.1, -0.05) is 29.8 Å². The molecule has 2 aliphatic heterocycles. The molecule has 0 spiro atoms. The molecule has 26 heavy (non-hydrogen) atoms. The molecule has 0 saturated carbocycles. The summed E-state index contributed by atoms with van der Waals surface area (Å²) < 4.78 is 7.41. The third kappa shape index (κ3) is 2.58. The topological polar surface area (TPSA) is 54.7 Å². The van der Waals surface area contributed by atoms with E-state index in [-0.39, 0.29) is 30.6 Å². The Balaban J connectivity index is 1.90. The van der Waals surface area contributed by atoms with E-state index in [4.69, 9.17) is 4.74 Å². The number of para-hydroxylation sites is 1. The lowest BCUT2D eigenvalue weighted by Gasteiger charge is -2.48. The van der Waals surface area contributed by atoms with Crippen LogP contribution in [0.15, 0.2) is 42.0 Å². The minimum Gasteiger partial charge on any atom is -0.467 e. The molecule has 1 fully saturated rings. The van der Waals surface area contributed by atoms with Crippen molar-refractivity contribution < 1.29 is 14.6 Å². The number of hydrogen-bond donors (Lipinski definition) is 1. The zero-order valence-electron chi connectivity index (χ0n) is 15.4. The normalized spacial score (nSPS) is 26.9. The van der Waals surface area contributed by atoms with Crippen molar-refractivity contribution in [1.29, 1.82) is 0 Å². The Morgan fingerprint density at radius 3 is 2.92 bits per heavy atom. The molecular formula is C21H26N2O3. The first kappa shape index (κ1) is 17.3. The highest BCUT2D eigenvalue weighted by atomic mass is 16.5. The van der Waals surface area contributed by atoms with Crippen LogP contribution in [0, 0.1) is 5.92 Å². The average Bonchev–Trinajstić information content (AvgIpc) is 3.06. The van der Waals surface area contributed by atoms with Gasteiger partial charge in [-0.25, -0.2) is 4.79 Å². The van der Waals surface area contributed by atoms with Gasteiger partial charge in [-0.05, 0) is 37.3 Å². The number of fused-ring (bicyclic) bond motifs is 6. The Hall–Kier alpha value is -2.11. The van der Waals surface area contributed by atoms with Crippen molar-refractivity contribution >= 4 is 16.9 Å². The van der Waals surface area contributed by atoms with Crippen molar-refractivity contribution in [3.8, 4) is 0 Å². The molecule has 0 amide bonds. The van der Waals surface area contributed by atoms with Crippen LogP contribution in [0.1, 0.15) is 37.5 Å². The van der Waals surface area contributed by atoms with E-state index < -0.39 is 0 Å². The molecule has 0 aliphatic carbocycles. The number of nitrogens with zero attached hydrogens (tertiary/aromatic N) is 2. The zero-order valence-corrected chi connectivity index (χ0v) is 15.4. The molecule has 3 heterocycles. The first-order chi connectivity index (χ1) is 12.7. The number of piperidine rings is 1. The second kappa shape index (κ2) is 6.89. The van der Waals surface area contributed by atoms with Gasteiger partial charge in [-0.2, -0.15) is 0 Å². The van der Waals surface area contributed by atoms with Crippen LogP contribution >= 0.6 is 0 Å². The largest absolute Gasteiger partial charge is 0.467 e. The molecule has 2 bridgehead atoms. The average molecular weight is 354 g/mol. The molecule has 1 aromatic heterocycles. The van der Waals surface area contributed by atoms with E-state index in [1.54, 1.807) is 0 Å². The molecule has 1 aromatic carbocycles. The third-order valence-electron chi connectivity index (χ3n) is 5.98. The third-order valence-corrected chi connectivity index (χ3v) is 5.98. The molecule has 2 aliphatic rings. The molecule has 1 N–H and O–H groups in total. The highest BCUT2D eigenvalue weighted by molar-refractivity contribution is 5.85. The molecule has 0 unspecified atom stereocenters. The minimum atomic E-state index is -0.308. The predicted molar refractivity (Wildman–Crippen MR) is 101 cm³/mol. The lowest BCUT2D eigenvalue weighted by molar-refractivity contribution is -0.147. The fourth-order valence-electron chi connectivity index (χ4n) is 4.79. The van der Waals surface area contributed by atoms with E-state index in [0.717, 1.165) is 36.8 Å². The van der Waals surface area contributed by atoms with Crippen LogP contribution in [0.5, 0.6) is 0 Å². The Kier molecular flexibility index (Phi) is 4.59. The van der Waals surface area contributed by atoms with E-state index in [9.17, 15) is 9.90 Å². The van der Waals surface area contributed by atoms with Crippen molar-refractivity contribution in [2.45, 2.75) is 31.8 Å². The number of esters is 1. The first-order valence-electron chi connectivity index (χ1n) is 9.37. The molecule has 5 nitrogen and oxygen atoms in total. The number of carbonyl (C=O) groups is 1. The first-order valence-corrected chi connectivity index (χ1v) is 9.37. The number of likely N-dealkylation sites (tertiary alicyclic amines) is 1. The van der Waals surface area contributed by atoms with Crippen LogP contribution in [0.4, 0.5) is 0 Å². The van der Waals surface area contributed by atoms with Gasteiger partial charge in [0.2, 0.25) is 0 Å². The monoisotopic (exact) mass is 354 g/mol. The summed E-state index contributed by atoms with van der Waals surface area (Å²) in [7, 11) is 1.48. The quantitative estimate of drug-likeness (QED) is 0.677. The maximum Gasteiger partial charge on any atom is 0.329 e. The van der Waals surface area contributed by atoms with E-state index in [0.29, 0.717) is 0 Å². The molecule has 2 aromatic rings. The van der Waals surface area contributed by atoms with Gasteiger partial charge >= 0.3 is 5.97 Å². The lowest BCUT2D eigenvalue weighted by Crippen LogP contribution is -2.48. The summed E-state index contributed by atoms with van der Waals surface area (Å²) in [5.41, 5.74) is 3.57. The van der Waals surface area contributed by atoms with E-state index in [1.165, 1.54) is 18.4 Å². The maximum atomic E-state index is 12.8. The van der Waals surface area contributed by atoms with Gasteiger partial charge in [0, 0.05) is 36.8 Å². The molecule has 5 heteroatoms. The minimum absolute atomic E-state index is 0.158. The number of benzene rings is 1. The second-order valence-corrected chi connectivity index (χ2v) is 7.24. The van der Waals surface area contributed by atoms with Crippen molar-refractivity contribution in [3.63, 3.8) is 0 Å². The standard InChI is InChI=1S/C21H26N2O3/c1-3-14-13-22(9-6-10-24)18-12-16(14)20(21(25)26-2)23-17-8-5-4-7-15(17)11-19(18)23/h3-5,7-8,11,16,18,20,24H,6,9-10,12-13H2,1-2H3/b14-3-/t16-,18-,20-/m0/s1. The smallest absolute Gasteiger partial charge is 0.329 e. The van der Waals surface area contributed by atoms with Crippen LogP contribution in [0.2, 0.25) is 0 Å². The summed E-state index contributed by atoms with van der Waals surface area (Å²) >= 11 is 0. The van der Waals surface area contributed by atoms with Gasteiger partial charge in [-0.15, -0.1) is 0 Å². The number of allylic oxidation sites excluding steroid dienone is 1. The highest BCUT2D eigenvalue weighted by Gasteiger charge is 2.46. The SMILES string of the molecule is C/C=C1/CN(CCCO)[C@H]2C[C@@H]1[C@@H](C(=O)OC)n1c2cc2ccccc21. The fourth-order valence-corrected chi connectivity index (χ4v) is 4.79. The molecule has 3 atom stereocenters. The number of aliphatic hydroxyl groups is 1. The van der Waals surface area contributed by atoms with Crippen molar-refractivity contribution in [1.82, 2.24) is 9.47 Å². The number of aliphatic hydroxyl groups excluding tert-OH is 1. The predicted octanol–water partition coefficient (Wildman–Crippen LogP) is 3.06. The lowest BCUT2D eigenvalue weighted by atomic mass is 9.77. The summed E-state index contributed by atoms with van der Waals surface area (Å²) in [5, 5.41) is 10.5. The summed E-state index contributed by atoms with van der Waals surface area (Å²) in [6.07, 6.45) is 3.83. The molecular weight excluding hydrogens is 328 g/mol. The van der Waals surface area contributed by atoms with Crippen molar-refractivity contribution in [3.05, 3.63) is 47.7 Å². The Morgan fingerprint density at radius 1 is 1.38 bits per heavy atom. The fraction of sp³-hybridized carbons (Fsp3) is 0.476. The van der Waals surface area contributed by atoms with E-state index >= 15 is 0 Å². The number of methoxy groups -OCH3 is 1. The van der Waals surface area contributed by atoms with Crippen LogP contribution < -0.4 is 0 Å². The van der Waals surface area contributed by atoms with E-state index in [1.807, 2.05) is 12.1 Å². The zero-order chi connectivity index (χ0) is 18.3. The van der Waals surface area contributed by atoms with Crippen molar-refractivity contribution in [2.75, 3.05) is 26.8 Å². The van der Waals surface area contributed by atoms with Gasteiger partial charge < -0.3 is 14.4 Å². The maximum absolute atomic E-state index is 12.8. The number of rotatable bonds is 4. The van der Waals surface area contributed by atoms with Gasteiger partial charge in [0.25, 0.3) is 0 Å². The van der Waals surface area contributed by atoms with E-state index in [2.05, 4.69) is 40.7 Å². The van der Waals surface area contributed by atoms with Gasteiger partial charge in [0.15, 0.2) is 0 Å². The molecule has 1 saturated heterocycles. The van der Waals surface area contributed by atoms with Crippen LogP contribution in [0.25, 0.3) is 10.9 Å². The summed E-state index contributed by atoms with van der Waals surface area (Å²) in [5.74, 6) is -0.00894. The van der Waals surface area contributed by atoms with Gasteiger partial charge in [-0.3, -0.25) is 4.90 Å². The second-order valence-electron chi connectivity index (χ2n) is 7.24. The Morgan fingerprint density at radius 2 is 2.19 bits per heavy atom. The number of ether oxygens (including phenoxy) is 1. The Labute approximate surface area is 153 Å². The molecule has 138 valence electrons. The van der Waals surface area contributed by atoms with Crippen LogP contribution in [-0.4, -0.2) is 47.3 Å². The number of carbonyl (C=O) groups excluding carboxylic acids is 1. The molecule has 0 radical (unpaired) electrons. The van der Waals surface area contributed by atoms with Gasteiger partial charge in [0.1, 0.15) is 6.04 Å². The summed E-state index contributed by atoms with van der Waals surface area (Å²) in [6, 6.07) is 10.4. The summed E-state index contributed by atoms with van der Waals surface area (Å²) in [6.45, 7) is 3.96. The number of hydrogen-bond acceptors (Lipinski definition) is 4. The van der Waals surface area contributed by atoms with Crippen LogP contribution in [0.3, 0.4) is 0 Å². The number of aromatic nitrogens is 1. The van der Waals surface area contributed by atoms with Gasteiger partial charge in [0.05, 0.1) is 13.2 Å². The Bertz CT molecular complexity index is 854. The molecule has 4 rings (SSSR count). The summed E-state index contributed by atoms with van der Waals surface area (Å²) in [4.78, 5) is 15.2. The van der Waals surface area contributed by atoms with Crippen molar-refractivity contribution in [2.24, 2.45) is 5.92 Å². The van der Waals surface area contributed by atoms with Crippen LogP contribution in [-0.2, 0) is 9.53 Å². The highest BCUT2D eigenvalue weighted by Crippen LogP contribution is 2.49.